The number of hydrogen-bond donors (Lipinski definition) is 2. The first-order valence-corrected chi connectivity index (χ1v) is 9.92. The maximum atomic E-state index is 5.57. The van der Waals surface area contributed by atoms with Crippen LogP contribution in [0, 0.1) is 13.8 Å². The molecule has 0 radical (unpaired) electrons. The van der Waals surface area contributed by atoms with Gasteiger partial charge < -0.3 is 15.1 Å². The highest BCUT2D eigenvalue weighted by Gasteiger charge is 2.07. The number of aryl methyl sites for hydroxylation is 2. The lowest BCUT2D eigenvalue weighted by Gasteiger charge is -2.10. The van der Waals surface area contributed by atoms with E-state index in [0.717, 1.165) is 47.4 Å². The van der Waals surface area contributed by atoms with Crippen molar-refractivity contribution in [2.24, 2.45) is 4.99 Å². The number of rotatable bonds is 7. The van der Waals surface area contributed by atoms with Gasteiger partial charge in [-0.1, -0.05) is 18.2 Å². The Morgan fingerprint density at radius 3 is 2.61 bits per heavy atom. The molecule has 0 unspecified atom stereocenters. The Hall–Kier alpha value is -1.94. The van der Waals surface area contributed by atoms with E-state index in [2.05, 4.69) is 39.4 Å². The third-order valence-electron chi connectivity index (χ3n) is 4.02. The summed E-state index contributed by atoms with van der Waals surface area (Å²) in [5, 5.41) is 7.76. The van der Waals surface area contributed by atoms with Gasteiger partial charge in [0.1, 0.15) is 12.0 Å². The van der Waals surface area contributed by atoms with Crippen molar-refractivity contribution in [2.75, 3.05) is 13.1 Å². The Labute approximate surface area is 186 Å². The van der Waals surface area contributed by atoms with Crippen molar-refractivity contribution in [3.63, 3.8) is 0 Å². The average Bonchev–Trinajstić information content (AvgIpc) is 3.27. The zero-order valence-corrected chi connectivity index (χ0v) is 19.5. The molecule has 0 aliphatic rings. The van der Waals surface area contributed by atoms with Gasteiger partial charge in [-0.25, -0.2) is 15.0 Å². The van der Waals surface area contributed by atoms with E-state index in [0.29, 0.717) is 12.4 Å². The lowest BCUT2D eigenvalue weighted by atomic mass is 10.2. The highest BCUT2D eigenvalue weighted by atomic mass is 127. The smallest absolute Gasteiger partial charge is 0.226 e. The van der Waals surface area contributed by atoms with E-state index in [1.807, 2.05) is 37.3 Å². The number of aromatic nitrogens is 2. The van der Waals surface area contributed by atoms with Gasteiger partial charge in [0.25, 0.3) is 0 Å². The molecule has 1 aromatic carbocycles. The second-order valence-corrected chi connectivity index (χ2v) is 7.42. The average molecular weight is 511 g/mol. The molecule has 0 atom stereocenters. The molecule has 0 amide bonds. The molecular weight excluding hydrogens is 485 g/mol. The number of halogens is 1. The Bertz CT molecular complexity index is 872. The third kappa shape index (κ3) is 6.30. The fourth-order valence-electron chi connectivity index (χ4n) is 2.53. The van der Waals surface area contributed by atoms with Crippen LogP contribution in [-0.2, 0) is 13.0 Å². The molecule has 28 heavy (non-hydrogen) atoms. The van der Waals surface area contributed by atoms with Gasteiger partial charge in [-0.15, -0.1) is 35.3 Å². The number of aliphatic imine (C=N–C) groups is 1. The van der Waals surface area contributed by atoms with Gasteiger partial charge in [-0.3, -0.25) is 0 Å². The highest BCUT2D eigenvalue weighted by Crippen LogP contribution is 2.18. The molecular formula is C20H26IN5OS. The third-order valence-corrected chi connectivity index (χ3v) is 5.15. The minimum Gasteiger partial charge on any atom is -0.444 e. The monoisotopic (exact) mass is 511 g/mol. The first kappa shape index (κ1) is 22.4. The lowest BCUT2D eigenvalue weighted by Crippen LogP contribution is -2.38. The molecule has 0 aliphatic heterocycles. The van der Waals surface area contributed by atoms with Crippen LogP contribution in [-0.4, -0.2) is 29.0 Å². The molecule has 2 heterocycles. The summed E-state index contributed by atoms with van der Waals surface area (Å²) in [5.41, 5.74) is 2.89. The Balaban J connectivity index is 0.00000280. The van der Waals surface area contributed by atoms with Crippen LogP contribution in [0.2, 0.25) is 0 Å². The van der Waals surface area contributed by atoms with Crippen LogP contribution in [0.15, 0.2) is 46.0 Å². The largest absolute Gasteiger partial charge is 0.444 e. The van der Waals surface area contributed by atoms with E-state index in [4.69, 9.17) is 4.42 Å². The van der Waals surface area contributed by atoms with Crippen LogP contribution in [0.4, 0.5) is 0 Å². The molecule has 3 aromatic rings. The van der Waals surface area contributed by atoms with Gasteiger partial charge in [0.05, 0.1) is 17.2 Å². The zero-order valence-electron chi connectivity index (χ0n) is 16.4. The molecule has 0 fully saturated rings. The molecule has 0 aliphatic carbocycles. The van der Waals surface area contributed by atoms with Crippen LogP contribution in [0.1, 0.15) is 28.2 Å². The summed E-state index contributed by atoms with van der Waals surface area (Å²) in [6.07, 6.45) is 2.54. The van der Waals surface area contributed by atoms with Gasteiger partial charge in [0.2, 0.25) is 5.89 Å². The normalized spacial score (nSPS) is 11.2. The minimum atomic E-state index is 0. The number of oxazole rings is 1. The zero-order chi connectivity index (χ0) is 19.1. The predicted molar refractivity (Wildman–Crippen MR) is 125 cm³/mol. The molecule has 2 N–H and O–H groups in total. The summed E-state index contributed by atoms with van der Waals surface area (Å²) >= 11 is 1.76. The molecule has 0 saturated heterocycles. The Morgan fingerprint density at radius 2 is 1.93 bits per heavy atom. The van der Waals surface area contributed by atoms with Gasteiger partial charge in [0, 0.05) is 30.0 Å². The van der Waals surface area contributed by atoms with Crippen molar-refractivity contribution in [3.05, 3.63) is 57.9 Å². The van der Waals surface area contributed by atoms with Crippen LogP contribution in [0.3, 0.4) is 0 Å². The summed E-state index contributed by atoms with van der Waals surface area (Å²) in [5.74, 6) is 1.39. The fourth-order valence-corrected chi connectivity index (χ4v) is 3.46. The van der Waals surface area contributed by atoms with Gasteiger partial charge in [-0.05, 0) is 32.9 Å². The number of nitrogens with one attached hydrogen (secondary N) is 2. The Morgan fingerprint density at radius 1 is 1.14 bits per heavy atom. The maximum absolute atomic E-state index is 5.57. The van der Waals surface area contributed by atoms with Crippen molar-refractivity contribution in [2.45, 2.75) is 33.7 Å². The molecule has 2 aromatic heterocycles. The van der Waals surface area contributed by atoms with E-state index in [-0.39, 0.29) is 24.0 Å². The molecule has 3 rings (SSSR count). The molecule has 0 bridgehead atoms. The van der Waals surface area contributed by atoms with E-state index >= 15 is 0 Å². The van der Waals surface area contributed by atoms with Gasteiger partial charge in [0.15, 0.2) is 5.96 Å². The summed E-state index contributed by atoms with van der Waals surface area (Å²) in [6.45, 7) is 8.25. The molecule has 150 valence electrons. The summed E-state index contributed by atoms with van der Waals surface area (Å²) in [6, 6.07) is 9.87. The summed E-state index contributed by atoms with van der Waals surface area (Å²) < 4.78 is 5.57. The van der Waals surface area contributed by atoms with Crippen LogP contribution < -0.4 is 10.6 Å². The quantitative estimate of drug-likeness (QED) is 0.281. The summed E-state index contributed by atoms with van der Waals surface area (Å²) in [7, 11) is 0. The number of nitrogens with zero attached hydrogens (tertiary/aromatic N) is 3. The maximum Gasteiger partial charge on any atom is 0.226 e. The van der Waals surface area contributed by atoms with Crippen molar-refractivity contribution < 1.29 is 4.42 Å². The molecule has 6 nitrogen and oxygen atoms in total. The first-order valence-electron chi connectivity index (χ1n) is 9.10. The summed E-state index contributed by atoms with van der Waals surface area (Å²) in [4.78, 5) is 15.0. The van der Waals surface area contributed by atoms with E-state index in [1.54, 1.807) is 17.6 Å². The number of guanidine groups is 1. The second kappa shape index (κ2) is 11.2. The molecule has 0 spiro atoms. The van der Waals surface area contributed by atoms with E-state index in [1.165, 1.54) is 4.88 Å². The van der Waals surface area contributed by atoms with Crippen LogP contribution >= 0.6 is 35.3 Å². The fraction of sp³-hybridized carbons (Fsp3) is 0.350. The van der Waals surface area contributed by atoms with Crippen molar-refractivity contribution in [1.82, 2.24) is 20.6 Å². The lowest BCUT2D eigenvalue weighted by molar-refractivity contribution is 0.572. The number of hydrogen-bond acceptors (Lipinski definition) is 5. The van der Waals surface area contributed by atoms with Gasteiger partial charge >= 0.3 is 0 Å². The highest BCUT2D eigenvalue weighted by molar-refractivity contribution is 14.0. The van der Waals surface area contributed by atoms with E-state index < -0.39 is 0 Å². The van der Waals surface area contributed by atoms with Crippen molar-refractivity contribution >= 4 is 41.3 Å². The van der Waals surface area contributed by atoms with E-state index in [9.17, 15) is 0 Å². The standard InChI is InChI=1S/C20H25N5OS.HI/c1-4-21-20(22-11-10-18-24-14(2)15(3)27-18)23-12-17-13-26-19(25-17)16-8-6-5-7-9-16;/h5-9,13H,4,10-12H2,1-3H3,(H2,21,22,23);1H. The SMILES string of the molecule is CCNC(=NCc1coc(-c2ccccc2)n1)NCCc1nc(C)c(C)s1.I. The number of benzene rings is 1. The van der Waals surface area contributed by atoms with Crippen molar-refractivity contribution in [3.8, 4) is 11.5 Å². The first-order chi connectivity index (χ1) is 13.2. The van der Waals surface area contributed by atoms with Crippen LogP contribution in [0.5, 0.6) is 0 Å². The van der Waals surface area contributed by atoms with Crippen molar-refractivity contribution in [1.29, 1.82) is 0 Å². The molecule has 8 heteroatoms. The number of thiazole rings is 1. The Kier molecular flexibility index (Phi) is 8.91. The minimum absolute atomic E-state index is 0. The molecule has 0 saturated carbocycles. The van der Waals surface area contributed by atoms with Crippen LogP contribution in [0.25, 0.3) is 11.5 Å². The predicted octanol–water partition coefficient (Wildman–Crippen LogP) is 4.33. The van der Waals surface area contributed by atoms with Gasteiger partial charge in [-0.2, -0.15) is 0 Å². The topological polar surface area (TPSA) is 75.3 Å². The second-order valence-electron chi connectivity index (χ2n) is 6.13.